The maximum Gasteiger partial charge on any atom is 0.233 e. The van der Waals surface area contributed by atoms with Crippen LogP contribution in [0.25, 0.3) is 11.0 Å². The van der Waals surface area contributed by atoms with Crippen LogP contribution in [0.2, 0.25) is 0 Å². The number of hydrogen-bond donors (Lipinski definition) is 0. The lowest BCUT2D eigenvalue weighted by atomic mass is 9.81. The van der Waals surface area contributed by atoms with Crippen molar-refractivity contribution in [3.05, 3.63) is 29.7 Å². The van der Waals surface area contributed by atoms with Gasteiger partial charge in [-0.1, -0.05) is 18.0 Å². The number of aromatic nitrogens is 1. The number of likely N-dealkylation sites (tertiary alicyclic amines) is 2. The third kappa shape index (κ3) is 4.00. The van der Waals surface area contributed by atoms with Crippen LogP contribution < -0.4 is 0 Å². The normalized spacial score (nSPS) is 25.5. The monoisotopic (exact) mass is 427 g/mol. The first-order valence-corrected chi connectivity index (χ1v) is 11.7. The van der Waals surface area contributed by atoms with E-state index in [-0.39, 0.29) is 29.5 Å². The van der Waals surface area contributed by atoms with Crippen molar-refractivity contribution in [3.63, 3.8) is 0 Å². The summed E-state index contributed by atoms with van der Waals surface area (Å²) in [5.41, 5.74) is 1.46. The lowest BCUT2D eigenvalue weighted by Crippen LogP contribution is -2.35. The van der Waals surface area contributed by atoms with Crippen molar-refractivity contribution >= 4 is 22.8 Å². The molecule has 2 aromatic rings. The van der Waals surface area contributed by atoms with E-state index in [4.69, 9.17) is 4.52 Å². The van der Waals surface area contributed by atoms with Gasteiger partial charge in [0.25, 0.3) is 0 Å². The molecule has 0 spiro atoms. The Morgan fingerprint density at radius 1 is 0.968 bits per heavy atom. The molecule has 3 aliphatic rings. The van der Waals surface area contributed by atoms with Crippen molar-refractivity contribution in [3.8, 4) is 0 Å². The molecule has 3 heterocycles. The highest BCUT2D eigenvalue weighted by molar-refractivity contribution is 6.05. The van der Waals surface area contributed by atoms with Gasteiger partial charge in [0.1, 0.15) is 5.82 Å². The number of nitrogens with zero attached hydrogens (tertiary/aromatic N) is 3. The molecule has 6 nitrogen and oxygen atoms in total. The molecule has 31 heavy (non-hydrogen) atoms. The molecule has 0 radical (unpaired) electrons. The Labute approximate surface area is 181 Å². The van der Waals surface area contributed by atoms with Gasteiger partial charge in [-0.05, 0) is 70.3 Å². The van der Waals surface area contributed by atoms with Crippen LogP contribution in [0.15, 0.2) is 22.7 Å². The van der Waals surface area contributed by atoms with Gasteiger partial charge >= 0.3 is 0 Å². The largest absolute Gasteiger partial charge is 0.356 e. The van der Waals surface area contributed by atoms with Gasteiger partial charge < -0.3 is 9.42 Å². The van der Waals surface area contributed by atoms with Gasteiger partial charge in [0.15, 0.2) is 5.58 Å². The van der Waals surface area contributed by atoms with Crippen LogP contribution in [0.5, 0.6) is 0 Å². The van der Waals surface area contributed by atoms with Gasteiger partial charge in [-0.25, -0.2) is 4.39 Å². The van der Waals surface area contributed by atoms with Crippen LogP contribution >= 0.6 is 0 Å². The molecule has 2 aliphatic heterocycles. The van der Waals surface area contributed by atoms with Crippen LogP contribution in [0.3, 0.4) is 0 Å². The number of amides is 2. The highest BCUT2D eigenvalue weighted by Crippen LogP contribution is 2.38. The topological polar surface area (TPSA) is 66.7 Å². The standard InChI is InChI=1S/C24H30FN3O3/c25-17-7-8-20-21(15-17)31-26-22(20)16-9-13-27(14-10-16)11-3-4-12-28-23(29)18-5-1-2-6-19(18)24(28)30/h7-8,15-16,18-19H,1-6,9-14H2. The molecule has 2 atom stereocenters. The minimum absolute atomic E-state index is 0.0376. The van der Waals surface area contributed by atoms with Crippen molar-refractivity contribution in [2.45, 2.75) is 57.3 Å². The highest BCUT2D eigenvalue weighted by atomic mass is 19.1. The fraction of sp³-hybridized carbons (Fsp3) is 0.625. The first kappa shape index (κ1) is 20.6. The van der Waals surface area contributed by atoms with E-state index in [2.05, 4.69) is 10.1 Å². The van der Waals surface area contributed by atoms with Gasteiger partial charge in [0.05, 0.1) is 17.5 Å². The van der Waals surface area contributed by atoms with E-state index in [1.54, 1.807) is 11.0 Å². The van der Waals surface area contributed by atoms with E-state index in [0.717, 1.165) is 82.1 Å². The molecule has 3 fully saturated rings. The summed E-state index contributed by atoms with van der Waals surface area (Å²) in [4.78, 5) is 29.1. The molecule has 1 aliphatic carbocycles. The Kier molecular flexibility index (Phi) is 5.78. The predicted octanol–water partition coefficient (Wildman–Crippen LogP) is 4.10. The molecule has 166 valence electrons. The van der Waals surface area contributed by atoms with Gasteiger partial charge in [-0.2, -0.15) is 0 Å². The van der Waals surface area contributed by atoms with Crippen LogP contribution in [-0.4, -0.2) is 52.9 Å². The SMILES string of the molecule is O=C1C2CCCCC2C(=O)N1CCCCN1CCC(c2noc3cc(F)ccc23)CC1. The summed E-state index contributed by atoms with van der Waals surface area (Å²) >= 11 is 0. The summed E-state index contributed by atoms with van der Waals surface area (Å²) in [6, 6.07) is 4.62. The summed E-state index contributed by atoms with van der Waals surface area (Å²) in [5, 5.41) is 5.14. The quantitative estimate of drug-likeness (QED) is 0.513. The van der Waals surface area contributed by atoms with E-state index in [0.29, 0.717) is 18.0 Å². The summed E-state index contributed by atoms with van der Waals surface area (Å²) in [6.07, 6.45) is 7.79. The van der Waals surface area contributed by atoms with Crippen LogP contribution in [-0.2, 0) is 9.59 Å². The molecule has 5 rings (SSSR count). The molecular formula is C24H30FN3O3. The summed E-state index contributed by atoms with van der Waals surface area (Å²) in [5.74, 6) is 0.117. The number of hydrogen-bond acceptors (Lipinski definition) is 5. The lowest BCUT2D eigenvalue weighted by molar-refractivity contribution is -0.140. The molecule has 2 saturated heterocycles. The third-order valence-corrected chi connectivity index (χ3v) is 7.47. The smallest absolute Gasteiger partial charge is 0.233 e. The van der Waals surface area contributed by atoms with Crippen molar-refractivity contribution in [2.75, 3.05) is 26.2 Å². The van der Waals surface area contributed by atoms with Gasteiger partial charge in [0.2, 0.25) is 11.8 Å². The second kappa shape index (κ2) is 8.69. The molecule has 0 N–H and O–H groups in total. The van der Waals surface area contributed by atoms with Crippen LogP contribution in [0.1, 0.15) is 63.0 Å². The molecular weight excluding hydrogens is 397 g/mol. The zero-order valence-corrected chi connectivity index (χ0v) is 17.9. The predicted molar refractivity (Wildman–Crippen MR) is 114 cm³/mol. The maximum absolute atomic E-state index is 13.4. The average molecular weight is 428 g/mol. The number of unbranched alkanes of at least 4 members (excludes halogenated alkanes) is 1. The minimum Gasteiger partial charge on any atom is -0.356 e. The zero-order chi connectivity index (χ0) is 21.4. The molecule has 1 saturated carbocycles. The second-order valence-electron chi connectivity index (χ2n) is 9.36. The average Bonchev–Trinajstić information content (AvgIpc) is 3.31. The third-order valence-electron chi connectivity index (χ3n) is 7.47. The van der Waals surface area contributed by atoms with Crippen molar-refractivity contribution < 1.29 is 18.5 Å². The number of fused-ring (bicyclic) bond motifs is 2. The molecule has 0 bridgehead atoms. The van der Waals surface area contributed by atoms with Crippen molar-refractivity contribution in [2.24, 2.45) is 11.8 Å². The first-order chi connectivity index (χ1) is 15.1. The number of imide groups is 1. The fourth-order valence-corrected chi connectivity index (χ4v) is 5.71. The lowest BCUT2D eigenvalue weighted by Gasteiger charge is -2.31. The van der Waals surface area contributed by atoms with E-state index >= 15 is 0 Å². The van der Waals surface area contributed by atoms with Gasteiger partial charge in [-0.15, -0.1) is 0 Å². The second-order valence-corrected chi connectivity index (χ2v) is 9.36. The fourth-order valence-electron chi connectivity index (χ4n) is 5.71. The molecule has 7 heteroatoms. The molecule has 1 aromatic carbocycles. The van der Waals surface area contributed by atoms with Crippen molar-refractivity contribution in [1.82, 2.24) is 15.0 Å². The summed E-state index contributed by atoms with van der Waals surface area (Å²) in [7, 11) is 0. The van der Waals surface area contributed by atoms with E-state index in [1.807, 2.05) is 0 Å². The van der Waals surface area contributed by atoms with Crippen molar-refractivity contribution in [1.29, 1.82) is 0 Å². The number of halogens is 1. The summed E-state index contributed by atoms with van der Waals surface area (Å²) in [6.45, 7) is 3.54. The van der Waals surface area contributed by atoms with E-state index in [1.165, 1.54) is 12.1 Å². The minimum atomic E-state index is -0.305. The van der Waals surface area contributed by atoms with E-state index < -0.39 is 0 Å². The Balaban J connectivity index is 1.07. The number of benzene rings is 1. The number of carbonyl (C=O) groups is 2. The van der Waals surface area contributed by atoms with Crippen LogP contribution in [0.4, 0.5) is 4.39 Å². The Morgan fingerprint density at radius 2 is 1.65 bits per heavy atom. The van der Waals surface area contributed by atoms with Crippen LogP contribution in [0, 0.1) is 17.7 Å². The number of piperidine rings is 1. The highest BCUT2D eigenvalue weighted by Gasteiger charge is 2.47. The zero-order valence-electron chi connectivity index (χ0n) is 17.9. The molecule has 2 amide bonds. The molecule has 2 unspecified atom stereocenters. The molecule has 1 aromatic heterocycles. The number of rotatable bonds is 6. The Bertz CT molecular complexity index is 942. The van der Waals surface area contributed by atoms with Gasteiger partial charge in [-0.3, -0.25) is 14.5 Å². The summed E-state index contributed by atoms with van der Waals surface area (Å²) < 4.78 is 18.7. The Morgan fingerprint density at radius 3 is 2.35 bits per heavy atom. The van der Waals surface area contributed by atoms with Gasteiger partial charge in [0, 0.05) is 23.9 Å². The van der Waals surface area contributed by atoms with E-state index in [9.17, 15) is 14.0 Å². The number of carbonyl (C=O) groups excluding carboxylic acids is 2. The maximum atomic E-state index is 13.4. The Hall–Kier alpha value is -2.28. The first-order valence-electron chi connectivity index (χ1n) is 11.7.